The summed E-state index contributed by atoms with van der Waals surface area (Å²) in [6.45, 7) is 4.40. The van der Waals surface area contributed by atoms with Gasteiger partial charge in [0.2, 0.25) is 0 Å². The monoisotopic (exact) mass is 413 g/mol. The van der Waals surface area contributed by atoms with Crippen molar-refractivity contribution in [2.75, 3.05) is 4.90 Å². The molecule has 27 heavy (non-hydrogen) atoms. The zero-order valence-corrected chi connectivity index (χ0v) is 17.5. The number of pyridine rings is 1. The Morgan fingerprint density at radius 2 is 1.89 bits per heavy atom. The Kier molecular flexibility index (Phi) is 5.17. The summed E-state index contributed by atoms with van der Waals surface area (Å²) in [4.78, 5) is 7.91. The molecule has 1 saturated heterocycles. The fourth-order valence-corrected chi connectivity index (χ4v) is 4.96. The van der Waals surface area contributed by atoms with Crippen LogP contribution in [0.25, 0.3) is 0 Å². The Hall–Kier alpha value is -1.95. The fourth-order valence-electron chi connectivity index (χ4n) is 3.43. The van der Waals surface area contributed by atoms with Gasteiger partial charge in [-0.15, -0.1) is 11.3 Å². The Morgan fingerprint density at radius 1 is 1.11 bits per heavy atom. The Labute approximate surface area is 174 Å². The second-order valence-corrected chi connectivity index (χ2v) is 9.02. The molecule has 3 aromatic rings. The topological polar surface area (TPSA) is 28.2 Å². The van der Waals surface area contributed by atoms with Crippen LogP contribution in [0.1, 0.15) is 48.0 Å². The number of rotatable bonds is 4. The molecule has 2 atom stereocenters. The van der Waals surface area contributed by atoms with Crippen LogP contribution in [0.5, 0.6) is 0 Å². The van der Waals surface area contributed by atoms with E-state index in [9.17, 15) is 0 Å². The predicted molar refractivity (Wildman–Crippen MR) is 118 cm³/mol. The third-order valence-electron chi connectivity index (χ3n) is 4.82. The lowest BCUT2D eigenvalue weighted by Crippen LogP contribution is -2.29. The van der Waals surface area contributed by atoms with Gasteiger partial charge in [0.1, 0.15) is 0 Å². The van der Waals surface area contributed by atoms with Crippen LogP contribution < -0.4 is 10.2 Å². The zero-order valence-electron chi connectivity index (χ0n) is 15.1. The molecule has 4 rings (SSSR count). The maximum atomic E-state index is 6.25. The summed E-state index contributed by atoms with van der Waals surface area (Å²) in [7, 11) is 0. The second kappa shape index (κ2) is 7.58. The number of anilines is 1. The molecule has 1 aromatic carbocycles. The molecule has 0 bridgehead atoms. The second-order valence-electron chi connectivity index (χ2n) is 6.88. The molecule has 2 aromatic heterocycles. The van der Waals surface area contributed by atoms with E-state index in [1.165, 1.54) is 5.56 Å². The minimum Gasteiger partial charge on any atom is -0.351 e. The summed E-state index contributed by atoms with van der Waals surface area (Å²) in [5.41, 5.74) is 3.36. The predicted octanol–water partition coefficient (Wildman–Crippen LogP) is 6.10. The van der Waals surface area contributed by atoms with E-state index in [1.54, 1.807) is 11.3 Å². The van der Waals surface area contributed by atoms with Gasteiger partial charge < -0.3 is 10.2 Å². The van der Waals surface area contributed by atoms with Crippen molar-refractivity contribution < 1.29 is 0 Å². The highest BCUT2D eigenvalue weighted by Crippen LogP contribution is 2.44. The normalized spacial score (nSPS) is 19.6. The van der Waals surface area contributed by atoms with E-state index in [2.05, 4.69) is 59.4 Å². The molecule has 0 radical (unpaired) electrons. The van der Waals surface area contributed by atoms with Gasteiger partial charge >= 0.3 is 0 Å². The van der Waals surface area contributed by atoms with Gasteiger partial charge in [-0.3, -0.25) is 4.98 Å². The molecule has 0 amide bonds. The number of thiocarbonyl (C=S) groups is 1. The number of nitrogens with one attached hydrogen (secondary N) is 1. The molecule has 1 fully saturated rings. The van der Waals surface area contributed by atoms with Gasteiger partial charge in [0, 0.05) is 16.8 Å². The van der Waals surface area contributed by atoms with E-state index in [0.29, 0.717) is 11.0 Å². The van der Waals surface area contributed by atoms with Gasteiger partial charge in [-0.25, -0.2) is 0 Å². The van der Waals surface area contributed by atoms with Crippen molar-refractivity contribution >= 4 is 46.0 Å². The molecule has 0 aliphatic carbocycles. The molecule has 1 aliphatic rings. The standard InChI is InChI=1S/C21H20ClN3S2/c1-13(2)14-6-8-15(9-7-14)25-20(17-10-11-18(22)27-17)19(24-21(25)26)16-5-3-4-12-23-16/h3-13,19-20H,1-2H3,(H,24,26)/t19-,20-/m1/s1. The quantitative estimate of drug-likeness (QED) is 0.523. The lowest BCUT2D eigenvalue weighted by atomic mass is 10.0. The van der Waals surface area contributed by atoms with Gasteiger partial charge in [-0.2, -0.15) is 0 Å². The number of nitrogens with zero attached hydrogens (tertiary/aromatic N) is 2. The lowest BCUT2D eigenvalue weighted by Gasteiger charge is -2.27. The van der Waals surface area contributed by atoms with Crippen LogP contribution in [0.3, 0.4) is 0 Å². The molecule has 3 nitrogen and oxygen atoms in total. The molecule has 3 heterocycles. The van der Waals surface area contributed by atoms with Crippen LogP contribution in [0, 0.1) is 0 Å². The van der Waals surface area contributed by atoms with Gasteiger partial charge in [-0.05, 0) is 60.1 Å². The van der Waals surface area contributed by atoms with Crippen molar-refractivity contribution in [2.24, 2.45) is 0 Å². The summed E-state index contributed by atoms with van der Waals surface area (Å²) >= 11 is 13.6. The summed E-state index contributed by atoms with van der Waals surface area (Å²) in [6, 6.07) is 18.6. The number of halogens is 1. The molecule has 1 N–H and O–H groups in total. The van der Waals surface area contributed by atoms with Gasteiger partial charge in [0.05, 0.1) is 22.1 Å². The first-order chi connectivity index (χ1) is 13.0. The molecule has 6 heteroatoms. The Bertz CT molecular complexity index is 938. The minimum atomic E-state index is -0.0295. The van der Waals surface area contributed by atoms with Gasteiger partial charge in [0.25, 0.3) is 0 Å². The first-order valence-electron chi connectivity index (χ1n) is 8.90. The Morgan fingerprint density at radius 3 is 2.48 bits per heavy atom. The van der Waals surface area contributed by atoms with Crippen molar-refractivity contribution in [3.05, 3.63) is 81.3 Å². The van der Waals surface area contributed by atoms with Crippen molar-refractivity contribution in [1.82, 2.24) is 10.3 Å². The number of hydrogen-bond acceptors (Lipinski definition) is 3. The summed E-state index contributed by atoms with van der Waals surface area (Å²) < 4.78 is 0.776. The highest BCUT2D eigenvalue weighted by atomic mass is 35.5. The third-order valence-corrected chi connectivity index (χ3v) is 6.44. The van der Waals surface area contributed by atoms with Crippen LogP contribution in [0.15, 0.2) is 60.8 Å². The molecular weight excluding hydrogens is 394 g/mol. The van der Waals surface area contributed by atoms with Crippen LogP contribution in [0.2, 0.25) is 4.34 Å². The number of hydrogen-bond donors (Lipinski definition) is 1. The van der Waals surface area contributed by atoms with Gasteiger partial charge in [0.15, 0.2) is 5.11 Å². The van der Waals surface area contributed by atoms with E-state index in [-0.39, 0.29) is 12.1 Å². The molecule has 0 saturated carbocycles. The lowest BCUT2D eigenvalue weighted by molar-refractivity contribution is 0.575. The van der Waals surface area contributed by atoms with E-state index in [0.717, 1.165) is 20.6 Å². The average Bonchev–Trinajstić information content (AvgIpc) is 3.25. The molecule has 0 spiro atoms. The summed E-state index contributed by atoms with van der Waals surface area (Å²) in [5.74, 6) is 0.496. The molecular formula is C21H20ClN3S2. The maximum absolute atomic E-state index is 6.25. The number of thiophene rings is 1. The fraction of sp³-hybridized carbons (Fsp3) is 0.238. The maximum Gasteiger partial charge on any atom is 0.174 e. The number of aromatic nitrogens is 1. The summed E-state index contributed by atoms with van der Waals surface area (Å²) in [6.07, 6.45) is 1.82. The smallest absolute Gasteiger partial charge is 0.174 e. The third kappa shape index (κ3) is 3.59. The highest BCUT2D eigenvalue weighted by Gasteiger charge is 2.41. The minimum absolute atomic E-state index is 0.00907. The molecule has 138 valence electrons. The van der Waals surface area contributed by atoms with E-state index < -0.39 is 0 Å². The van der Waals surface area contributed by atoms with Crippen LogP contribution in [0.4, 0.5) is 5.69 Å². The van der Waals surface area contributed by atoms with Crippen molar-refractivity contribution in [3.63, 3.8) is 0 Å². The van der Waals surface area contributed by atoms with Crippen molar-refractivity contribution in [1.29, 1.82) is 0 Å². The van der Waals surface area contributed by atoms with Crippen molar-refractivity contribution in [2.45, 2.75) is 31.8 Å². The first kappa shape index (κ1) is 18.4. The highest BCUT2D eigenvalue weighted by molar-refractivity contribution is 7.80. The van der Waals surface area contributed by atoms with Crippen LogP contribution >= 0.6 is 35.2 Å². The number of benzene rings is 1. The molecule has 0 unspecified atom stereocenters. The van der Waals surface area contributed by atoms with E-state index in [1.807, 2.05) is 30.5 Å². The van der Waals surface area contributed by atoms with E-state index >= 15 is 0 Å². The van der Waals surface area contributed by atoms with Crippen LogP contribution in [-0.4, -0.2) is 10.1 Å². The van der Waals surface area contributed by atoms with Crippen molar-refractivity contribution in [3.8, 4) is 0 Å². The Balaban J connectivity index is 1.78. The van der Waals surface area contributed by atoms with E-state index in [4.69, 9.17) is 23.8 Å². The van der Waals surface area contributed by atoms with Crippen LogP contribution in [-0.2, 0) is 0 Å². The average molecular weight is 414 g/mol. The zero-order chi connectivity index (χ0) is 19.0. The largest absolute Gasteiger partial charge is 0.351 e. The SMILES string of the molecule is CC(C)c1ccc(N2C(=S)N[C@H](c3ccccn3)[C@H]2c2ccc(Cl)s2)cc1. The van der Waals surface area contributed by atoms with Gasteiger partial charge in [-0.1, -0.05) is 43.6 Å². The molecule has 1 aliphatic heterocycles. The first-order valence-corrected chi connectivity index (χ1v) is 10.5. The summed E-state index contributed by atoms with van der Waals surface area (Å²) in [5, 5.41) is 4.18.